The smallest absolute Gasteiger partial charge is 0.0326 e. The molecule has 0 nitrogen and oxygen atoms in total. The van der Waals surface area contributed by atoms with Crippen molar-refractivity contribution in [1.82, 2.24) is 0 Å². The van der Waals surface area contributed by atoms with Crippen LogP contribution in [-0.4, -0.2) is 0 Å². The molecule has 0 heterocycles. The van der Waals surface area contributed by atoms with Gasteiger partial charge in [0, 0.05) is 0 Å². The predicted molar refractivity (Wildman–Crippen MR) is 60.0 cm³/mol. The molecule has 0 N–H and O–H groups in total. The number of hydrogen-bond acceptors (Lipinski definition) is 0. The lowest BCUT2D eigenvalue weighted by molar-refractivity contribution is -0.172. The van der Waals surface area contributed by atoms with E-state index < -0.39 is 0 Å². The van der Waals surface area contributed by atoms with E-state index in [1.54, 1.807) is 25.7 Å². The van der Waals surface area contributed by atoms with Gasteiger partial charge in [-0.1, -0.05) is 33.1 Å². The summed E-state index contributed by atoms with van der Waals surface area (Å²) in [7, 11) is 0. The van der Waals surface area contributed by atoms with E-state index in [0.29, 0.717) is 0 Å². The molecule has 6 atom stereocenters. The maximum Gasteiger partial charge on any atom is -0.0326 e. The zero-order valence-corrected chi connectivity index (χ0v) is 9.71. The molecule has 14 heavy (non-hydrogen) atoms. The zero-order valence-electron chi connectivity index (χ0n) is 9.71. The van der Waals surface area contributed by atoms with E-state index in [0.717, 1.165) is 11.8 Å². The third-order valence-corrected chi connectivity index (χ3v) is 5.60. The van der Waals surface area contributed by atoms with Gasteiger partial charge in [-0.15, -0.1) is 0 Å². The van der Waals surface area contributed by atoms with Gasteiger partial charge in [-0.2, -0.15) is 0 Å². The van der Waals surface area contributed by atoms with Crippen LogP contribution in [0.25, 0.3) is 0 Å². The summed E-state index contributed by atoms with van der Waals surface area (Å²) in [6, 6.07) is 0. The van der Waals surface area contributed by atoms with Crippen molar-refractivity contribution in [3.05, 3.63) is 0 Å². The SMILES string of the molecule is CCCC1CCC2C(C1)C1C(C)CC21. The van der Waals surface area contributed by atoms with Crippen LogP contribution in [0, 0.1) is 35.5 Å². The molecule has 0 amide bonds. The third-order valence-electron chi connectivity index (χ3n) is 5.60. The zero-order chi connectivity index (χ0) is 9.71. The first-order valence-electron chi connectivity index (χ1n) is 6.81. The molecule has 6 unspecified atom stereocenters. The minimum absolute atomic E-state index is 1.08. The second-order valence-corrected chi connectivity index (χ2v) is 6.25. The predicted octanol–water partition coefficient (Wildman–Crippen LogP) is 4.10. The molecule has 0 heteroatoms. The van der Waals surface area contributed by atoms with Crippen molar-refractivity contribution >= 4 is 0 Å². The lowest BCUT2D eigenvalue weighted by Crippen LogP contribution is -2.59. The fourth-order valence-corrected chi connectivity index (χ4v) is 4.99. The van der Waals surface area contributed by atoms with E-state index in [1.807, 2.05) is 0 Å². The number of rotatable bonds is 2. The summed E-state index contributed by atoms with van der Waals surface area (Å²) in [6.07, 6.45) is 9.24. The van der Waals surface area contributed by atoms with Gasteiger partial charge < -0.3 is 0 Å². The molecule has 0 aromatic rings. The molecule has 0 radical (unpaired) electrons. The average molecular weight is 192 g/mol. The molecule has 80 valence electrons. The average Bonchev–Trinajstić information content (AvgIpc) is 2.14. The van der Waals surface area contributed by atoms with E-state index in [4.69, 9.17) is 0 Å². The summed E-state index contributed by atoms with van der Waals surface area (Å²) < 4.78 is 0. The first kappa shape index (κ1) is 9.24. The van der Waals surface area contributed by atoms with Crippen LogP contribution >= 0.6 is 0 Å². The van der Waals surface area contributed by atoms with Gasteiger partial charge in [-0.25, -0.2) is 0 Å². The van der Waals surface area contributed by atoms with Crippen LogP contribution in [0.5, 0.6) is 0 Å². The lowest BCUT2D eigenvalue weighted by atomic mass is 9.39. The molecule has 0 aromatic heterocycles. The summed E-state index contributed by atoms with van der Waals surface area (Å²) in [6.45, 7) is 4.84. The van der Waals surface area contributed by atoms with Gasteiger partial charge in [-0.05, 0) is 54.8 Å². The van der Waals surface area contributed by atoms with Crippen molar-refractivity contribution in [2.24, 2.45) is 35.5 Å². The van der Waals surface area contributed by atoms with Crippen LogP contribution in [0.4, 0.5) is 0 Å². The molecule has 3 rings (SSSR count). The topological polar surface area (TPSA) is 0 Å². The summed E-state index contributed by atoms with van der Waals surface area (Å²) in [5.41, 5.74) is 0. The molecule has 3 fully saturated rings. The molecule has 3 saturated carbocycles. The van der Waals surface area contributed by atoms with Gasteiger partial charge in [0.2, 0.25) is 0 Å². The Morgan fingerprint density at radius 3 is 2.50 bits per heavy atom. The second-order valence-electron chi connectivity index (χ2n) is 6.25. The van der Waals surface area contributed by atoms with Crippen molar-refractivity contribution in [2.45, 2.75) is 52.4 Å². The highest BCUT2D eigenvalue weighted by Crippen LogP contribution is 2.66. The molecule has 0 bridgehead atoms. The minimum atomic E-state index is 1.08. The molecular formula is C14H24. The second kappa shape index (κ2) is 3.25. The maximum atomic E-state index is 2.49. The normalized spacial score (nSPS) is 55.3. The molecule has 3 aliphatic rings. The first-order chi connectivity index (χ1) is 6.81. The molecule has 0 aliphatic heterocycles. The van der Waals surface area contributed by atoms with Gasteiger partial charge in [0.25, 0.3) is 0 Å². The van der Waals surface area contributed by atoms with E-state index in [1.165, 1.54) is 36.5 Å². The Hall–Kier alpha value is 0. The van der Waals surface area contributed by atoms with Gasteiger partial charge in [-0.3, -0.25) is 0 Å². The van der Waals surface area contributed by atoms with Crippen LogP contribution in [0.1, 0.15) is 52.4 Å². The van der Waals surface area contributed by atoms with Crippen molar-refractivity contribution < 1.29 is 0 Å². The highest BCUT2D eigenvalue weighted by Gasteiger charge is 2.59. The summed E-state index contributed by atoms with van der Waals surface area (Å²) in [5, 5.41) is 0. The van der Waals surface area contributed by atoms with Crippen molar-refractivity contribution in [3.8, 4) is 0 Å². The number of fused-ring (bicyclic) bond motifs is 4. The Morgan fingerprint density at radius 1 is 1.00 bits per heavy atom. The molecule has 3 aliphatic carbocycles. The Morgan fingerprint density at radius 2 is 1.79 bits per heavy atom. The monoisotopic (exact) mass is 192 g/mol. The molecule has 0 aromatic carbocycles. The molecular weight excluding hydrogens is 168 g/mol. The maximum absolute atomic E-state index is 2.49. The highest BCUT2D eigenvalue weighted by atomic mass is 14.6. The quantitative estimate of drug-likeness (QED) is 0.618. The van der Waals surface area contributed by atoms with E-state index in [2.05, 4.69) is 13.8 Å². The number of hydrogen-bond donors (Lipinski definition) is 0. The van der Waals surface area contributed by atoms with Crippen LogP contribution in [0.3, 0.4) is 0 Å². The van der Waals surface area contributed by atoms with Crippen molar-refractivity contribution in [1.29, 1.82) is 0 Å². The van der Waals surface area contributed by atoms with Crippen LogP contribution in [0.15, 0.2) is 0 Å². The Labute approximate surface area is 88.5 Å². The van der Waals surface area contributed by atoms with Crippen LogP contribution < -0.4 is 0 Å². The summed E-state index contributed by atoms with van der Waals surface area (Å²) >= 11 is 0. The van der Waals surface area contributed by atoms with Gasteiger partial charge in [0.15, 0.2) is 0 Å². The third kappa shape index (κ3) is 1.12. The summed E-state index contributed by atoms with van der Waals surface area (Å²) in [4.78, 5) is 0. The standard InChI is InChI=1S/C14H24/c1-3-4-10-5-6-11-12-7-9(2)14(12)13(11)8-10/h9-14H,3-8H2,1-2H3. The largest absolute Gasteiger partial charge is 0.0654 e. The molecule has 0 spiro atoms. The Balaban J connectivity index is 1.61. The highest BCUT2D eigenvalue weighted by molar-refractivity contribution is 5.08. The van der Waals surface area contributed by atoms with Crippen LogP contribution in [-0.2, 0) is 0 Å². The van der Waals surface area contributed by atoms with E-state index >= 15 is 0 Å². The minimum Gasteiger partial charge on any atom is -0.0654 e. The Bertz CT molecular complexity index is 214. The fraction of sp³-hybridized carbons (Fsp3) is 1.00. The summed E-state index contributed by atoms with van der Waals surface area (Å²) in [5.74, 6) is 6.92. The van der Waals surface area contributed by atoms with E-state index in [9.17, 15) is 0 Å². The van der Waals surface area contributed by atoms with Crippen molar-refractivity contribution in [3.63, 3.8) is 0 Å². The van der Waals surface area contributed by atoms with Gasteiger partial charge >= 0.3 is 0 Å². The van der Waals surface area contributed by atoms with E-state index in [-0.39, 0.29) is 0 Å². The van der Waals surface area contributed by atoms with Gasteiger partial charge in [0.1, 0.15) is 0 Å². The van der Waals surface area contributed by atoms with Crippen LogP contribution in [0.2, 0.25) is 0 Å². The fourth-order valence-electron chi connectivity index (χ4n) is 4.99. The lowest BCUT2D eigenvalue weighted by Gasteiger charge is -2.66. The van der Waals surface area contributed by atoms with Gasteiger partial charge in [0.05, 0.1) is 0 Å². The Kier molecular flexibility index (Phi) is 2.15. The first-order valence-corrected chi connectivity index (χ1v) is 6.81. The molecule has 0 saturated heterocycles. The van der Waals surface area contributed by atoms with Crippen molar-refractivity contribution in [2.75, 3.05) is 0 Å².